The van der Waals surface area contributed by atoms with Crippen LogP contribution >= 0.6 is 0 Å². The lowest BCUT2D eigenvalue weighted by Gasteiger charge is -2.22. The molecule has 2 rings (SSSR count). The molecule has 0 radical (unpaired) electrons. The monoisotopic (exact) mass is 476 g/mol. The van der Waals surface area contributed by atoms with Gasteiger partial charge in [-0.15, -0.1) is 0 Å². The summed E-state index contributed by atoms with van der Waals surface area (Å²) < 4.78 is 38.8. The summed E-state index contributed by atoms with van der Waals surface area (Å²) in [6, 6.07) is 12.5. The van der Waals surface area contributed by atoms with E-state index >= 15 is 0 Å². The van der Waals surface area contributed by atoms with Crippen LogP contribution in [0.1, 0.15) is 63.0 Å². The number of rotatable bonds is 9. The van der Waals surface area contributed by atoms with E-state index in [2.05, 4.69) is 10.0 Å². The molecule has 2 aromatic carbocycles. The molecule has 2 aromatic rings. The lowest BCUT2D eigenvalue weighted by molar-refractivity contribution is -0.147. The molecule has 0 spiro atoms. The number of ether oxygens (including phenoxy) is 2. The van der Waals surface area contributed by atoms with Crippen molar-refractivity contribution in [2.75, 3.05) is 7.11 Å². The summed E-state index contributed by atoms with van der Waals surface area (Å²) in [6.07, 6.45) is -0.352. The maximum Gasteiger partial charge on any atom is 0.308 e. The summed E-state index contributed by atoms with van der Waals surface area (Å²) in [5.41, 5.74) is 0.114. The van der Waals surface area contributed by atoms with Crippen LogP contribution in [0.25, 0.3) is 0 Å². The molecule has 0 aromatic heterocycles. The molecule has 0 aliphatic heterocycles. The van der Waals surface area contributed by atoms with Gasteiger partial charge in [0.25, 0.3) is 5.91 Å². The van der Waals surface area contributed by atoms with E-state index < -0.39 is 33.5 Å². The third-order valence-corrected chi connectivity index (χ3v) is 6.18. The largest absolute Gasteiger partial charge is 0.495 e. The van der Waals surface area contributed by atoms with E-state index in [-0.39, 0.29) is 28.7 Å². The first kappa shape index (κ1) is 26.3. The highest BCUT2D eigenvalue weighted by atomic mass is 32.2. The Morgan fingerprint density at radius 2 is 1.67 bits per heavy atom. The zero-order valence-electron chi connectivity index (χ0n) is 19.8. The Labute approximate surface area is 195 Å². The molecule has 2 N–H and O–H groups in total. The summed E-state index contributed by atoms with van der Waals surface area (Å²) in [5.74, 6) is -0.869. The molecule has 0 aliphatic rings. The third-order valence-electron chi connectivity index (χ3n) is 4.40. The Morgan fingerprint density at radius 1 is 1.03 bits per heavy atom. The Kier molecular flexibility index (Phi) is 8.63. The van der Waals surface area contributed by atoms with Gasteiger partial charge < -0.3 is 14.8 Å². The van der Waals surface area contributed by atoms with Gasteiger partial charge in [0.2, 0.25) is 10.0 Å². The van der Waals surface area contributed by atoms with E-state index in [1.807, 2.05) is 6.07 Å². The molecular formula is C24H32N2O6S. The molecule has 8 nitrogen and oxygen atoms in total. The first-order valence-electron chi connectivity index (χ1n) is 10.6. The fraction of sp³-hybridized carbons (Fsp3) is 0.417. The van der Waals surface area contributed by atoms with Crippen molar-refractivity contribution in [2.45, 2.75) is 63.6 Å². The van der Waals surface area contributed by atoms with Gasteiger partial charge in [0.1, 0.15) is 10.6 Å². The van der Waals surface area contributed by atoms with E-state index in [0.29, 0.717) is 0 Å². The minimum Gasteiger partial charge on any atom is -0.495 e. The van der Waals surface area contributed by atoms with Crippen LogP contribution in [0.3, 0.4) is 0 Å². The number of methoxy groups -OCH3 is 1. The average molecular weight is 477 g/mol. The number of sulfonamides is 1. The standard InChI is InChI=1S/C24H32N2O6S/c1-16(2)32-22(27)15-19(17-10-8-7-9-11-17)25-23(28)18-12-13-20(31-6)21(14-18)33(29,30)26-24(3,4)5/h7-14,16,19,26H,15H2,1-6H3,(H,25,28). The Balaban J connectivity index is 2.37. The van der Waals surface area contributed by atoms with Crippen LogP contribution in [0.2, 0.25) is 0 Å². The van der Waals surface area contributed by atoms with Crippen molar-refractivity contribution in [1.82, 2.24) is 10.0 Å². The van der Waals surface area contributed by atoms with Crippen molar-refractivity contribution in [3.8, 4) is 5.75 Å². The lowest BCUT2D eigenvalue weighted by Crippen LogP contribution is -2.40. The van der Waals surface area contributed by atoms with Crippen LogP contribution in [-0.2, 0) is 19.6 Å². The van der Waals surface area contributed by atoms with Gasteiger partial charge in [-0.2, -0.15) is 0 Å². The minimum atomic E-state index is -3.96. The molecule has 0 heterocycles. The Hall–Kier alpha value is -2.91. The van der Waals surface area contributed by atoms with Gasteiger partial charge in [0.15, 0.2) is 0 Å². The van der Waals surface area contributed by atoms with Crippen molar-refractivity contribution in [2.24, 2.45) is 0 Å². The lowest BCUT2D eigenvalue weighted by atomic mass is 10.0. The normalized spacial score (nSPS) is 12.8. The van der Waals surface area contributed by atoms with Gasteiger partial charge in [-0.1, -0.05) is 30.3 Å². The molecule has 0 saturated carbocycles. The number of amides is 1. The van der Waals surface area contributed by atoms with Gasteiger partial charge in [-0.05, 0) is 58.4 Å². The number of nitrogens with one attached hydrogen (secondary N) is 2. The summed E-state index contributed by atoms with van der Waals surface area (Å²) in [4.78, 5) is 25.2. The second-order valence-electron chi connectivity index (χ2n) is 8.90. The van der Waals surface area contributed by atoms with Crippen LogP contribution in [0.15, 0.2) is 53.4 Å². The SMILES string of the molecule is COc1ccc(C(=O)NC(CC(=O)OC(C)C)c2ccccc2)cc1S(=O)(=O)NC(C)(C)C. The molecule has 180 valence electrons. The molecule has 9 heteroatoms. The fourth-order valence-electron chi connectivity index (χ4n) is 3.14. The third kappa shape index (κ3) is 7.87. The van der Waals surface area contributed by atoms with Crippen molar-refractivity contribution in [3.05, 3.63) is 59.7 Å². The number of hydrogen-bond donors (Lipinski definition) is 2. The molecule has 0 fully saturated rings. The summed E-state index contributed by atoms with van der Waals surface area (Å²) in [6.45, 7) is 8.65. The van der Waals surface area contributed by atoms with Gasteiger partial charge >= 0.3 is 5.97 Å². The Morgan fingerprint density at radius 3 is 2.21 bits per heavy atom. The van der Waals surface area contributed by atoms with E-state index in [1.54, 1.807) is 58.9 Å². The summed E-state index contributed by atoms with van der Waals surface area (Å²) in [5, 5.41) is 2.82. The van der Waals surface area contributed by atoms with Crippen molar-refractivity contribution >= 4 is 21.9 Å². The number of carbonyl (C=O) groups is 2. The predicted octanol–water partition coefficient (Wildman–Crippen LogP) is 3.58. The van der Waals surface area contributed by atoms with E-state index in [1.165, 1.54) is 25.3 Å². The van der Waals surface area contributed by atoms with Crippen LogP contribution in [0.5, 0.6) is 5.75 Å². The summed E-state index contributed by atoms with van der Waals surface area (Å²) >= 11 is 0. The van der Waals surface area contributed by atoms with Crippen LogP contribution in [-0.4, -0.2) is 39.0 Å². The van der Waals surface area contributed by atoms with E-state index in [0.717, 1.165) is 5.56 Å². The molecule has 33 heavy (non-hydrogen) atoms. The smallest absolute Gasteiger partial charge is 0.308 e. The number of esters is 1. The summed E-state index contributed by atoms with van der Waals surface area (Å²) in [7, 11) is -2.60. The highest BCUT2D eigenvalue weighted by Crippen LogP contribution is 2.27. The Bertz CT molecular complexity index is 1080. The number of hydrogen-bond acceptors (Lipinski definition) is 6. The second kappa shape index (κ2) is 10.8. The number of carbonyl (C=O) groups excluding carboxylic acids is 2. The zero-order chi connectivity index (χ0) is 24.8. The van der Waals surface area contributed by atoms with Crippen LogP contribution in [0, 0.1) is 0 Å². The fourth-order valence-corrected chi connectivity index (χ4v) is 4.76. The first-order chi connectivity index (χ1) is 15.3. The molecule has 0 aliphatic carbocycles. The highest BCUT2D eigenvalue weighted by molar-refractivity contribution is 7.89. The average Bonchev–Trinajstić information content (AvgIpc) is 2.71. The van der Waals surface area contributed by atoms with Crippen LogP contribution < -0.4 is 14.8 Å². The molecule has 1 unspecified atom stereocenters. The topological polar surface area (TPSA) is 111 Å². The quantitative estimate of drug-likeness (QED) is 0.535. The van der Waals surface area contributed by atoms with Crippen molar-refractivity contribution in [3.63, 3.8) is 0 Å². The van der Waals surface area contributed by atoms with Crippen LogP contribution in [0.4, 0.5) is 0 Å². The molecule has 0 bridgehead atoms. The van der Waals surface area contributed by atoms with Gasteiger partial charge in [0.05, 0.1) is 25.7 Å². The molecule has 0 saturated heterocycles. The maximum absolute atomic E-state index is 13.1. The highest BCUT2D eigenvalue weighted by Gasteiger charge is 2.27. The molecule has 1 atom stereocenters. The molecule has 1 amide bonds. The predicted molar refractivity (Wildman–Crippen MR) is 126 cm³/mol. The van der Waals surface area contributed by atoms with Gasteiger partial charge in [0, 0.05) is 11.1 Å². The second-order valence-corrected chi connectivity index (χ2v) is 10.6. The maximum atomic E-state index is 13.1. The first-order valence-corrected chi connectivity index (χ1v) is 12.1. The van der Waals surface area contributed by atoms with E-state index in [4.69, 9.17) is 9.47 Å². The van der Waals surface area contributed by atoms with Crippen molar-refractivity contribution < 1.29 is 27.5 Å². The molecular weight excluding hydrogens is 444 g/mol. The van der Waals surface area contributed by atoms with Gasteiger partial charge in [-0.3, -0.25) is 9.59 Å². The number of benzene rings is 2. The zero-order valence-corrected chi connectivity index (χ0v) is 20.7. The van der Waals surface area contributed by atoms with E-state index in [9.17, 15) is 18.0 Å². The van der Waals surface area contributed by atoms with Crippen molar-refractivity contribution in [1.29, 1.82) is 0 Å². The van der Waals surface area contributed by atoms with Gasteiger partial charge in [-0.25, -0.2) is 13.1 Å². The minimum absolute atomic E-state index is 0.0686.